The molecule has 134 valence electrons. The van der Waals surface area contributed by atoms with Gasteiger partial charge in [-0.2, -0.15) is 10.1 Å². The van der Waals surface area contributed by atoms with Gasteiger partial charge in [0.1, 0.15) is 11.5 Å². The Hall–Kier alpha value is -2.82. The number of carbonyl (C=O) groups excluding carboxylic acids is 1. The van der Waals surface area contributed by atoms with Crippen LogP contribution in [0.3, 0.4) is 0 Å². The van der Waals surface area contributed by atoms with E-state index >= 15 is 0 Å². The van der Waals surface area contributed by atoms with E-state index in [1.54, 1.807) is 37.3 Å². The standard InChI is InChI=1S/C21H14Cl2N2O2/c1-13-19(21(26)25(24-13)17-5-3-2-4-6-17)12-18-7-8-20(27-18)14-9-15(22)11-16(23)10-14/h2-12H,1H3. The maximum atomic E-state index is 12.8. The van der Waals surface area contributed by atoms with Crippen LogP contribution in [0.15, 0.2) is 75.8 Å². The van der Waals surface area contributed by atoms with Gasteiger partial charge in [0.15, 0.2) is 0 Å². The van der Waals surface area contributed by atoms with Gasteiger partial charge in [0.2, 0.25) is 0 Å². The number of hydrogen-bond acceptors (Lipinski definition) is 3. The van der Waals surface area contributed by atoms with Crippen molar-refractivity contribution in [1.82, 2.24) is 0 Å². The second-order valence-electron chi connectivity index (χ2n) is 6.06. The number of para-hydroxylation sites is 1. The molecule has 1 amide bonds. The zero-order valence-electron chi connectivity index (χ0n) is 14.3. The maximum absolute atomic E-state index is 12.8. The molecule has 4 nitrogen and oxygen atoms in total. The molecule has 0 bridgehead atoms. The van der Waals surface area contributed by atoms with Gasteiger partial charge in [-0.1, -0.05) is 41.4 Å². The minimum atomic E-state index is -0.192. The molecule has 1 aromatic heterocycles. The summed E-state index contributed by atoms with van der Waals surface area (Å²) in [5.41, 5.74) is 2.61. The third-order valence-corrected chi connectivity index (χ3v) is 4.56. The number of rotatable bonds is 3. The van der Waals surface area contributed by atoms with Crippen LogP contribution >= 0.6 is 23.2 Å². The SMILES string of the molecule is CC1=NN(c2ccccc2)C(=O)C1=Cc1ccc(-c2cc(Cl)cc(Cl)c2)o1. The van der Waals surface area contributed by atoms with Crippen LogP contribution in [0.4, 0.5) is 5.69 Å². The summed E-state index contributed by atoms with van der Waals surface area (Å²) < 4.78 is 5.86. The Morgan fingerprint density at radius 3 is 2.41 bits per heavy atom. The number of anilines is 1. The number of halogens is 2. The molecule has 0 saturated carbocycles. The smallest absolute Gasteiger partial charge is 0.280 e. The molecule has 0 saturated heterocycles. The predicted octanol–water partition coefficient (Wildman–Crippen LogP) is 6.06. The first-order chi connectivity index (χ1) is 13.0. The average Bonchev–Trinajstić information content (AvgIpc) is 3.22. The summed E-state index contributed by atoms with van der Waals surface area (Å²) in [6.07, 6.45) is 1.69. The van der Waals surface area contributed by atoms with E-state index in [-0.39, 0.29) is 5.91 Å². The first-order valence-electron chi connectivity index (χ1n) is 8.24. The minimum Gasteiger partial charge on any atom is -0.457 e. The molecular weight excluding hydrogens is 383 g/mol. The number of furan rings is 1. The first kappa shape index (κ1) is 17.6. The number of hydrazone groups is 1. The van der Waals surface area contributed by atoms with Crippen LogP contribution in [0.5, 0.6) is 0 Å². The first-order valence-corrected chi connectivity index (χ1v) is 9.00. The van der Waals surface area contributed by atoms with Crippen molar-refractivity contribution in [3.05, 3.63) is 82.0 Å². The Bertz CT molecular complexity index is 1060. The molecule has 6 heteroatoms. The number of amides is 1. The molecule has 0 N–H and O–H groups in total. The fourth-order valence-electron chi connectivity index (χ4n) is 2.85. The van der Waals surface area contributed by atoms with E-state index in [1.807, 2.05) is 36.4 Å². The van der Waals surface area contributed by atoms with Gasteiger partial charge >= 0.3 is 0 Å². The largest absolute Gasteiger partial charge is 0.457 e. The Balaban J connectivity index is 1.64. The second-order valence-corrected chi connectivity index (χ2v) is 6.93. The van der Waals surface area contributed by atoms with Gasteiger partial charge in [-0.05, 0) is 55.5 Å². The quantitative estimate of drug-likeness (QED) is 0.505. The van der Waals surface area contributed by atoms with Crippen molar-refractivity contribution >= 4 is 46.6 Å². The predicted molar refractivity (Wildman–Crippen MR) is 109 cm³/mol. The van der Waals surface area contributed by atoms with Crippen LogP contribution in [0, 0.1) is 0 Å². The summed E-state index contributed by atoms with van der Waals surface area (Å²) in [4.78, 5) is 12.8. The highest BCUT2D eigenvalue weighted by molar-refractivity contribution is 6.35. The van der Waals surface area contributed by atoms with Crippen LogP contribution in [0.1, 0.15) is 12.7 Å². The molecule has 1 aliphatic rings. The van der Waals surface area contributed by atoms with Crippen LogP contribution in [0.2, 0.25) is 10.0 Å². The van der Waals surface area contributed by atoms with Crippen molar-refractivity contribution in [2.45, 2.75) is 6.92 Å². The van der Waals surface area contributed by atoms with Gasteiger partial charge < -0.3 is 4.42 Å². The monoisotopic (exact) mass is 396 g/mol. The second kappa shape index (κ2) is 7.06. The lowest BCUT2D eigenvalue weighted by molar-refractivity contribution is -0.114. The van der Waals surface area contributed by atoms with E-state index in [9.17, 15) is 4.79 Å². The molecule has 3 aromatic rings. The summed E-state index contributed by atoms with van der Waals surface area (Å²) >= 11 is 12.1. The third kappa shape index (κ3) is 3.54. The van der Waals surface area contributed by atoms with E-state index < -0.39 is 0 Å². The van der Waals surface area contributed by atoms with Crippen molar-refractivity contribution in [2.24, 2.45) is 5.10 Å². The van der Waals surface area contributed by atoms with Crippen molar-refractivity contribution in [2.75, 3.05) is 5.01 Å². The highest BCUT2D eigenvalue weighted by atomic mass is 35.5. The molecule has 0 atom stereocenters. The summed E-state index contributed by atoms with van der Waals surface area (Å²) in [5, 5.41) is 6.81. The Kier molecular flexibility index (Phi) is 4.60. The molecule has 0 radical (unpaired) electrons. The van der Waals surface area contributed by atoms with Gasteiger partial charge in [0.05, 0.1) is 17.0 Å². The van der Waals surface area contributed by atoms with E-state index in [1.165, 1.54) is 5.01 Å². The van der Waals surface area contributed by atoms with Gasteiger partial charge in [-0.3, -0.25) is 4.79 Å². The summed E-state index contributed by atoms with van der Waals surface area (Å²) in [6.45, 7) is 1.80. The van der Waals surface area contributed by atoms with Gasteiger partial charge in [-0.25, -0.2) is 0 Å². The maximum Gasteiger partial charge on any atom is 0.280 e. The molecule has 0 aliphatic carbocycles. The molecule has 4 rings (SSSR count). The number of hydrogen-bond donors (Lipinski definition) is 0. The molecule has 2 aromatic carbocycles. The molecule has 0 spiro atoms. The third-order valence-electron chi connectivity index (χ3n) is 4.12. The normalized spacial score (nSPS) is 15.5. The highest BCUT2D eigenvalue weighted by Gasteiger charge is 2.28. The fraction of sp³-hybridized carbons (Fsp3) is 0.0476. The zero-order chi connectivity index (χ0) is 19.0. The molecule has 0 fully saturated rings. The average molecular weight is 397 g/mol. The lowest BCUT2D eigenvalue weighted by atomic mass is 10.1. The topological polar surface area (TPSA) is 45.8 Å². The highest BCUT2D eigenvalue weighted by Crippen LogP contribution is 2.30. The molecule has 2 heterocycles. The molecular formula is C21H14Cl2N2O2. The lowest BCUT2D eigenvalue weighted by Gasteiger charge is -2.10. The zero-order valence-corrected chi connectivity index (χ0v) is 15.8. The van der Waals surface area contributed by atoms with E-state index in [4.69, 9.17) is 27.6 Å². The van der Waals surface area contributed by atoms with E-state index in [0.717, 1.165) is 11.3 Å². The van der Waals surface area contributed by atoms with E-state index in [0.29, 0.717) is 32.9 Å². The number of carbonyl (C=O) groups is 1. The Morgan fingerprint density at radius 1 is 1.00 bits per heavy atom. The lowest BCUT2D eigenvalue weighted by Crippen LogP contribution is -2.21. The van der Waals surface area contributed by atoms with Crippen molar-refractivity contribution in [3.8, 4) is 11.3 Å². The van der Waals surface area contributed by atoms with Crippen molar-refractivity contribution in [3.63, 3.8) is 0 Å². The van der Waals surface area contributed by atoms with Crippen molar-refractivity contribution in [1.29, 1.82) is 0 Å². The van der Waals surface area contributed by atoms with Gasteiger partial charge in [0.25, 0.3) is 5.91 Å². The summed E-state index contributed by atoms with van der Waals surface area (Å²) in [6, 6.07) is 18.1. The molecule has 1 aliphatic heterocycles. The van der Waals surface area contributed by atoms with E-state index in [2.05, 4.69) is 5.10 Å². The van der Waals surface area contributed by atoms with Crippen molar-refractivity contribution < 1.29 is 9.21 Å². The number of nitrogens with zero attached hydrogens (tertiary/aromatic N) is 2. The summed E-state index contributed by atoms with van der Waals surface area (Å²) in [5.74, 6) is 0.975. The molecule has 0 unspecified atom stereocenters. The Morgan fingerprint density at radius 2 is 1.70 bits per heavy atom. The van der Waals surface area contributed by atoms with Gasteiger partial charge in [-0.15, -0.1) is 0 Å². The Labute approximate surface area is 166 Å². The summed E-state index contributed by atoms with van der Waals surface area (Å²) in [7, 11) is 0. The van der Waals surface area contributed by atoms with Crippen LogP contribution in [0.25, 0.3) is 17.4 Å². The minimum absolute atomic E-state index is 0.192. The number of benzene rings is 2. The fourth-order valence-corrected chi connectivity index (χ4v) is 3.38. The van der Waals surface area contributed by atoms with Crippen LogP contribution < -0.4 is 5.01 Å². The molecule has 27 heavy (non-hydrogen) atoms. The van der Waals surface area contributed by atoms with Gasteiger partial charge in [0, 0.05) is 15.6 Å². The van der Waals surface area contributed by atoms with Crippen LogP contribution in [-0.4, -0.2) is 11.6 Å². The van der Waals surface area contributed by atoms with Crippen LogP contribution in [-0.2, 0) is 4.79 Å².